The Morgan fingerprint density at radius 2 is 1.86 bits per heavy atom. The van der Waals surface area contributed by atoms with Crippen LogP contribution in [0, 0.1) is 0 Å². The number of aromatic nitrogens is 3. The summed E-state index contributed by atoms with van der Waals surface area (Å²) in [6, 6.07) is 20.4. The quantitative estimate of drug-likeness (QED) is 0.544. The summed E-state index contributed by atoms with van der Waals surface area (Å²) in [7, 11) is 3.21. The molecule has 0 fully saturated rings. The molecule has 1 amide bonds. The van der Waals surface area contributed by atoms with Crippen molar-refractivity contribution in [1.29, 1.82) is 0 Å². The zero-order valence-corrected chi connectivity index (χ0v) is 16.1. The third-order valence-electron chi connectivity index (χ3n) is 4.60. The third kappa shape index (κ3) is 3.89. The van der Waals surface area contributed by atoms with Crippen molar-refractivity contribution in [1.82, 2.24) is 15.0 Å². The van der Waals surface area contributed by atoms with Crippen molar-refractivity contribution in [3.05, 3.63) is 77.9 Å². The smallest absolute Gasteiger partial charge is 0.255 e. The summed E-state index contributed by atoms with van der Waals surface area (Å²) in [4.78, 5) is 12.7. The van der Waals surface area contributed by atoms with E-state index in [2.05, 4.69) is 15.6 Å². The summed E-state index contributed by atoms with van der Waals surface area (Å²) in [5.41, 5.74) is 3.66. The number of para-hydroxylation sites is 2. The Bertz CT molecular complexity index is 1170. The van der Waals surface area contributed by atoms with E-state index < -0.39 is 0 Å². The molecule has 29 heavy (non-hydrogen) atoms. The van der Waals surface area contributed by atoms with Crippen molar-refractivity contribution in [2.24, 2.45) is 0 Å². The van der Waals surface area contributed by atoms with E-state index in [4.69, 9.17) is 9.47 Å². The molecule has 0 aliphatic rings. The highest BCUT2D eigenvalue weighted by Crippen LogP contribution is 2.24. The molecule has 1 heterocycles. The van der Waals surface area contributed by atoms with Gasteiger partial charge in [0.05, 0.1) is 32.0 Å². The first-order valence-electron chi connectivity index (χ1n) is 9.08. The largest absolute Gasteiger partial charge is 0.497 e. The molecule has 0 radical (unpaired) electrons. The SMILES string of the molecule is COc1cccc(Cn2nnc3cc(C(=O)Nc4ccccc4OC)ccc32)c1. The van der Waals surface area contributed by atoms with Crippen molar-refractivity contribution >= 4 is 22.6 Å². The van der Waals surface area contributed by atoms with Crippen molar-refractivity contribution in [3.8, 4) is 11.5 Å². The first-order chi connectivity index (χ1) is 14.2. The fraction of sp³-hybridized carbons (Fsp3) is 0.136. The van der Waals surface area contributed by atoms with Crippen molar-refractivity contribution < 1.29 is 14.3 Å². The Morgan fingerprint density at radius 1 is 1.00 bits per heavy atom. The van der Waals surface area contributed by atoms with Crippen LogP contribution in [0.3, 0.4) is 0 Å². The molecular weight excluding hydrogens is 368 g/mol. The Hall–Kier alpha value is -3.87. The van der Waals surface area contributed by atoms with Crippen molar-refractivity contribution in [3.63, 3.8) is 0 Å². The minimum absolute atomic E-state index is 0.237. The summed E-state index contributed by atoms with van der Waals surface area (Å²) in [6.07, 6.45) is 0. The number of methoxy groups -OCH3 is 2. The Kier molecular flexibility index (Phi) is 5.11. The number of fused-ring (bicyclic) bond motifs is 1. The van der Waals surface area contributed by atoms with Crippen molar-refractivity contribution in [2.45, 2.75) is 6.54 Å². The summed E-state index contributed by atoms with van der Waals surface area (Å²) >= 11 is 0. The van der Waals surface area contributed by atoms with Crippen LogP contribution in [0.4, 0.5) is 5.69 Å². The fourth-order valence-electron chi connectivity index (χ4n) is 3.12. The molecule has 0 atom stereocenters. The molecule has 4 rings (SSSR count). The van der Waals surface area contributed by atoms with Gasteiger partial charge in [-0.2, -0.15) is 0 Å². The lowest BCUT2D eigenvalue weighted by molar-refractivity contribution is 0.102. The van der Waals surface area contributed by atoms with Crippen LogP contribution < -0.4 is 14.8 Å². The molecule has 4 aromatic rings. The van der Waals surface area contributed by atoms with E-state index in [1.807, 2.05) is 42.5 Å². The number of nitrogens with zero attached hydrogens (tertiary/aromatic N) is 3. The maximum absolute atomic E-state index is 12.7. The van der Waals surface area contributed by atoms with E-state index in [9.17, 15) is 4.79 Å². The van der Waals surface area contributed by atoms with E-state index in [0.29, 0.717) is 29.1 Å². The van der Waals surface area contributed by atoms with Gasteiger partial charge in [-0.15, -0.1) is 5.10 Å². The van der Waals surface area contributed by atoms with Crippen molar-refractivity contribution in [2.75, 3.05) is 19.5 Å². The summed E-state index contributed by atoms with van der Waals surface area (Å²) in [5, 5.41) is 11.3. The van der Waals surface area contributed by atoms with Gasteiger partial charge in [-0.3, -0.25) is 4.79 Å². The molecule has 3 aromatic carbocycles. The second-order valence-electron chi connectivity index (χ2n) is 6.46. The lowest BCUT2D eigenvalue weighted by Gasteiger charge is -2.10. The summed E-state index contributed by atoms with van der Waals surface area (Å²) in [5.74, 6) is 1.16. The molecule has 0 bridgehead atoms. The predicted octanol–water partition coefficient (Wildman–Crippen LogP) is 3.75. The topological polar surface area (TPSA) is 78.3 Å². The van der Waals surface area contributed by atoms with Gasteiger partial charge in [0.2, 0.25) is 0 Å². The zero-order valence-electron chi connectivity index (χ0n) is 16.1. The minimum atomic E-state index is -0.237. The van der Waals surface area contributed by atoms with Gasteiger partial charge in [0.1, 0.15) is 17.0 Å². The molecule has 0 unspecified atom stereocenters. The predicted molar refractivity (Wildman–Crippen MR) is 111 cm³/mol. The van der Waals surface area contributed by atoms with E-state index in [-0.39, 0.29) is 5.91 Å². The van der Waals surface area contributed by atoms with Crippen LogP contribution in [-0.4, -0.2) is 35.1 Å². The fourth-order valence-corrected chi connectivity index (χ4v) is 3.12. The monoisotopic (exact) mass is 388 g/mol. The maximum atomic E-state index is 12.7. The second kappa shape index (κ2) is 8.02. The number of benzene rings is 3. The molecule has 146 valence electrons. The zero-order chi connectivity index (χ0) is 20.2. The summed E-state index contributed by atoms with van der Waals surface area (Å²) in [6.45, 7) is 0.556. The second-order valence-corrected chi connectivity index (χ2v) is 6.46. The molecule has 1 aromatic heterocycles. The van der Waals surface area contributed by atoms with E-state index in [1.165, 1.54) is 0 Å². The van der Waals surface area contributed by atoms with Gasteiger partial charge in [-0.1, -0.05) is 29.5 Å². The Morgan fingerprint density at radius 3 is 2.69 bits per heavy atom. The molecule has 0 aliphatic carbocycles. The van der Waals surface area contributed by atoms with E-state index in [1.54, 1.807) is 43.2 Å². The molecule has 0 saturated heterocycles. The number of nitrogens with one attached hydrogen (secondary N) is 1. The Labute approximate surface area is 167 Å². The van der Waals surface area contributed by atoms with Gasteiger partial charge >= 0.3 is 0 Å². The van der Waals surface area contributed by atoms with Gasteiger partial charge in [-0.05, 0) is 48.0 Å². The molecule has 0 aliphatic heterocycles. The van der Waals surface area contributed by atoms with Crippen LogP contribution in [0.25, 0.3) is 11.0 Å². The number of anilines is 1. The lowest BCUT2D eigenvalue weighted by atomic mass is 10.1. The van der Waals surface area contributed by atoms with Crippen LogP contribution in [0.15, 0.2) is 66.7 Å². The maximum Gasteiger partial charge on any atom is 0.255 e. The van der Waals surface area contributed by atoms with Crippen LogP contribution in [0.2, 0.25) is 0 Å². The molecule has 1 N–H and O–H groups in total. The van der Waals surface area contributed by atoms with Gasteiger partial charge in [0.15, 0.2) is 0 Å². The third-order valence-corrected chi connectivity index (χ3v) is 4.60. The van der Waals surface area contributed by atoms with E-state index in [0.717, 1.165) is 16.8 Å². The van der Waals surface area contributed by atoms with Crippen LogP contribution in [0.1, 0.15) is 15.9 Å². The minimum Gasteiger partial charge on any atom is -0.497 e. The number of ether oxygens (including phenoxy) is 2. The highest BCUT2D eigenvalue weighted by atomic mass is 16.5. The van der Waals surface area contributed by atoms with Crippen LogP contribution >= 0.6 is 0 Å². The first kappa shape index (κ1) is 18.5. The van der Waals surface area contributed by atoms with Crippen LogP contribution in [-0.2, 0) is 6.54 Å². The van der Waals surface area contributed by atoms with Gasteiger partial charge in [0.25, 0.3) is 5.91 Å². The number of hydrogen-bond donors (Lipinski definition) is 1. The molecule has 7 nitrogen and oxygen atoms in total. The average Bonchev–Trinajstić information content (AvgIpc) is 3.16. The highest BCUT2D eigenvalue weighted by molar-refractivity contribution is 6.06. The van der Waals surface area contributed by atoms with Crippen LogP contribution in [0.5, 0.6) is 11.5 Å². The lowest BCUT2D eigenvalue weighted by Crippen LogP contribution is -2.12. The molecule has 0 spiro atoms. The van der Waals surface area contributed by atoms with Gasteiger partial charge < -0.3 is 14.8 Å². The first-order valence-corrected chi connectivity index (χ1v) is 9.08. The number of carbonyl (C=O) groups excluding carboxylic acids is 1. The number of hydrogen-bond acceptors (Lipinski definition) is 5. The van der Waals surface area contributed by atoms with Gasteiger partial charge in [0, 0.05) is 5.56 Å². The molecular formula is C22H20N4O3. The number of rotatable bonds is 6. The molecule has 0 saturated carbocycles. The normalized spacial score (nSPS) is 10.7. The van der Waals surface area contributed by atoms with E-state index >= 15 is 0 Å². The standard InChI is InChI=1S/C22H20N4O3/c1-28-17-7-5-6-15(12-17)14-26-20-11-10-16(13-19(20)24-25-26)22(27)23-18-8-3-4-9-21(18)29-2/h3-13H,14H2,1-2H3,(H,23,27). The number of carbonyl (C=O) groups is 1. The van der Waals surface area contributed by atoms with Gasteiger partial charge in [-0.25, -0.2) is 4.68 Å². The molecule has 7 heteroatoms. The average molecular weight is 388 g/mol. The summed E-state index contributed by atoms with van der Waals surface area (Å²) < 4.78 is 12.3. The number of amides is 1. The Balaban J connectivity index is 1.56. The highest BCUT2D eigenvalue weighted by Gasteiger charge is 2.13.